The highest BCUT2D eigenvalue weighted by atomic mass is 16.5. The third kappa shape index (κ3) is 4.45. The van der Waals surface area contributed by atoms with Gasteiger partial charge in [0, 0.05) is 13.0 Å². The van der Waals surface area contributed by atoms with Crippen LogP contribution in [0.4, 0.5) is 0 Å². The van der Waals surface area contributed by atoms with Crippen molar-refractivity contribution in [2.24, 2.45) is 0 Å². The van der Waals surface area contributed by atoms with E-state index in [0.29, 0.717) is 13.0 Å². The Bertz CT molecular complexity index is 316. The highest BCUT2D eigenvalue weighted by molar-refractivity contribution is 5.82. The van der Waals surface area contributed by atoms with Gasteiger partial charge in [-0.05, 0) is 24.1 Å². The van der Waals surface area contributed by atoms with Gasteiger partial charge in [0.2, 0.25) is 0 Å². The van der Waals surface area contributed by atoms with Gasteiger partial charge in [-0.3, -0.25) is 4.79 Å². The van der Waals surface area contributed by atoms with E-state index in [2.05, 4.69) is 0 Å². The Hall–Kier alpha value is -1.35. The summed E-state index contributed by atoms with van der Waals surface area (Å²) in [6, 6.07) is 7.51. The number of ketones is 1. The molecule has 1 rings (SSSR count). The average Bonchev–Trinajstić information content (AvgIpc) is 2.30. The van der Waals surface area contributed by atoms with Crippen molar-refractivity contribution in [3.63, 3.8) is 0 Å². The molecule has 0 aliphatic carbocycles. The van der Waals surface area contributed by atoms with Crippen LogP contribution in [0.25, 0.3) is 0 Å². The first-order chi connectivity index (χ1) is 7.76. The Morgan fingerprint density at radius 3 is 2.50 bits per heavy atom. The Labute approximate surface area is 96.4 Å². The minimum absolute atomic E-state index is 0.110. The maximum Gasteiger partial charge on any atom is 0.162 e. The van der Waals surface area contributed by atoms with Gasteiger partial charge in [-0.2, -0.15) is 0 Å². The molecule has 0 bridgehead atoms. The van der Waals surface area contributed by atoms with Crippen molar-refractivity contribution < 1.29 is 14.3 Å². The molecule has 0 fully saturated rings. The predicted molar refractivity (Wildman–Crippen MR) is 62.8 cm³/mol. The van der Waals surface area contributed by atoms with Gasteiger partial charge in [-0.15, -0.1) is 0 Å². The van der Waals surface area contributed by atoms with Crippen molar-refractivity contribution in [1.29, 1.82) is 0 Å². The SMILES string of the molecule is CCCOCC(=O)Cc1ccc(OC)cc1. The van der Waals surface area contributed by atoms with Crippen LogP contribution < -0.4 is 4.74 Å². The third-order valence-corrected chi connectivity index (χ3v) is 2.17. The fraction of sp³-hybridized carbons (Fsp3) is 0.462. The molecule has 0 atom stereocenters. The molecule has 16 heavy (non-hydrogen) atoms. The van der Waals surface area contributed by atoms with Gasteiger partial charge in [0.15, 0.2) is 5.78 Å². The quantitative estimate of drug-likeness (QED) is 0.664. The summed E-state index contributed by atoms with van der Waals surface area (Å²) in [6.07, 6.45) is 1.36. The summed E-state index contributed by atoms with van der Waals surface area (Å²) < 4.78 is 10.2. The maximum atomic E-state index is 11.5. The molecule has 0 amide bonds. The Morgan fingerprint density at radius 1 is 1.25 bits per heavy atom. The molecule has 0 aliphatic heterocycles. The Morgan fingerprint density at radius 2 is 1.94 bits per heavy atom. The lowest BCUT2D eigenvalue weighted by molar-refractivity contribution is -0.122. The number of Topliss-reactive ketones (excluding diaryl/α,β-unsaturated/α-hetero) is 1. The van der Waals surface area contributed by atoms with Crippen LogP contribution in [-0.2, 0) is 16.0 Å². The molecule has 3 nitrogen and oxygen atoms in total. The zero-order chi connectivity index (χ0) is 11.8. The molecule has 88 valence electrons. The third-order valence-electron chi connectivity index (χ3n) is 2.17. The minimum Gasteiger partial charge on any atom is -0.497 e. The number of benzene rings is 1. The van der Waals surface area contributed by atoms with E-state index in [-0.39, 0.29) is 12.4 Å². The van der Waals surface area contributed by atoms with E-state index in [0.717, 1.165) is 17.7 Å². The molecule has 0 N–H and O–H groups in total. The van der Waals surface area contributed by atoms with Gasteiger partial charge in [-0.1, -0.05) is 19.1 Å². The molecule has 0 saturated carbocycles. The first-order valence-electron chi connectivity index (χ1n) is 5.48. The second kappa shape index (κ2) is 7.01. The number of carbonyl (C=O) groups excluding carboxylic acids is 1. The van der Waals surface area contributed by atoms with Gasteiger partial charge in [-0.25, -0.2) is 0 Å². The van der Waals surface area contributed by atoms with Crippen molar-refractivity contribution in [1.82, 2.24) is 0 Å². The fourth-order valence-electron chi connectivity index (χ4n) is 1.35. The molecular formula is C13H18O3. The van der Waals surface area contributed by atoms with Crippen LogP contribution in [0.5, 0.6) is 5.75 Å². The molecular weight excluding hydrogens is 204 g/mol. The summed E-state index contributed by atoms with van der Waals surface area (Å²) in [5, 5.41) is 0. The van der Waals surface area contributed by atoms with Crippen molar-refractivity contribution in [2.75, 3.05) is 20.3 Å². The number of rotatable bonds is 7. The lowest BCUT2D eigenvalue weighted by Crippen LogP contribution is -2.11. The summed E-state index contributed by atoms with van der Waals surface area (Å²) in [5.41, 5.74) is 0.992. The summed E-state index contributed by atoms with van der Waals surface area (Å²) in [4.78, 5) is 11.5. The van der Waals surface area contributed by atoms with E-state index in [9.17, 15) is 4.79 Å². The van der Waals surface area contributed by atoms with Crippen LogP contribution in [0.1, 0.15) is 18.9 Å². The second-order valence-electron chi connectivity index (χ2n) is 3.62. The number of carbonyl (C=O) groups is 1. The molecule has 1 aromatic rings. The maximum absolute atomic E-state index is 11.5. The van der Waals surface area contributed by atoms with Crippen LogP contribution in [0, 0.1) is 0 Å². The Balaban J connectivity index is 2.37. The number of hydrogen-bond acceptors (Lipinski definition) is 3. The summed E-state index contributed by atoms with van der Waals surface area (Å²) >= 11 is 0. The lowest BCUT2D eigenvalue weighted by Gasteiger charge is -2.04. The smallest absolute Gasteiger partial charge is 0.162 e. The highest BCUT2D eigenvalue weighted by Gasteiger charge is 2.03. The van der Waals surface area contributed by atoms with Crippen LogP contribution >= 0.6 is 0 Å². The van der Waals surface area contributed by atoms with E-state index in [1.165, 1.54) is 0 Å². The monoisotopic (exact) mass is 222 g/mol. The number of methoxy groups -OCH3 is 1. The van der Waals surface area contributed by atoms with Crippen molar-refractivity contribution >= 4 is 5.78 Å². The van der Waals surface area contributed by atoms with E-state index in [1.807, 2.05) is 31.2 Å². The number of hydrogen-bond donors (Lipinski definition) is 0. The first kappa shape index (κ1) is 12.7. The molecule has 0 aromatic heterocycles. The van der Waals surface area contributed by atoms with Crippen LogP contribution in [0.2, 0.25) is 0 Å². The molecule has 0 radical (unpaired) electrons. The topological polar surface area (TPSA) is 35.5 Å². The average molecular weight is 222 g/mol. The molecule has 0 unspecified atom stereocenters. The largest absolute Gasteiger partial charge is 0.497 e. The first-order valence-corrected chi connectivity index (χ1v) is 5.48. The van der Waals surface area contributed by atoms with Gasteiger partial charge in [0.25, 0.3) is 0 Å². The van der Waals surface area contributed by atoms with Gasteiger partial charge >= 0.3 is 0 Å². The van der Waals surface area contributed by atoms with Gasteiger partial charge < -0.3 is 9.47 Å². The molecule has 0 aliphatic rings. The fourth-order valence-corrected chi connectivity index (χ4v) is 1.35. The van der Waals surface area contributed by atoms with Crippen LogP contribution in [0.15, 0.2) is 24.3 Å². The molecule has 3 heteroatoms. The van der Waals surface area contributed by atoms with Crippen molar-refractivity contribution in [3.8, 4) is 5.75 Å². The van der Waals surface area contributed by atoms with E-state index in [4.69, 9.17) is 9.47 Å². The second-order valence-corrected chi connectivity index (χ2v) is 3.62. The van der Waals surface area contributed by atoms with Crippen molar-refractivity contribution in [3.05, 3.63) is 29.8 Å². The van der Waals surface area contributed by atoms with E-state index >= 15 is 0 Å². The summed E-state index contributed by atoms with van der Waals surface area (Å²) in [7, 11) is 1.62. The molecule has 0 saturated heterocycles. The van der Waals surface area contributed by atoms with E-state index in [1.54, 1.807) is 7.11 Å². The molecule has 0 heterocycles. The predicted octanol–water partition coefficient (Wildman–Crippen LogP) is 2.23. The summed E-state index contributed by atoms with van der Waals surface area (Å²) in [5.74, 6) is 0.914. The zero-order valence-electron chi connectivity index (χ0n) is 9.86. The molecule has 0 spiro atoms. The van der Waals surface area contributed by atoms with Gasteiger partial charge in [0.1, 0.15) is 12.4 Å². The van der Waals surface area contributed by atoms with Crippen molar-refractivity contribution in [2.45, 2.75) is 19.8 Å². The van der Waals surface area contributed by atoms with Gasteiger partial charge in [0.05, 0.1) is 7.11 Å². The minimum atomic E-state index is 0.110. The molecule has 1 aromatic carbocycles. The zero-order valence-corrected chi connectivity index (χ0v) is 9.86. The lowest BCUT2D eigenvalue weighted by atomic mass is 10.1. The van der Waals surface area contributed by atoms with Crippen LogP contribution in [-0.4, -0.2) is 26.1 Å². The van der Waals surface area contributed by atoms with Crippen LogP contribution in [0.3, 0.4) is 0 Å². The Kier molecular flexibility index (Phi) is 5.57. The number of ether oxygens (including phenoxy) is 2. The van der Waals surface area contributed by atoms with E-state index < -0.39 is 0 Å². The standard InChI is InChI=1S/C13H18O3/c1-3-8-16-10-12(14)9-11-4-6-13(15-2)7-5-11/h4-7H,3,8-10H2,1-2H3. The summed E-state index contributed by atoms with van der Waals surface area (Å²) in [6.45, 7) is 2.88. The normalized spacial score (nSPS) is 10.1. The highest BCUT2D eigenvalue weighted by Crippen LogP contribution is 2.11.